The molecule has 1 aromatic heterocycles. The molecule has 1 aromatic carbocycles. The van der Waals surface area contributed by atoms with Crippen LogP contribution in [0.5, 0.6) is 0 Å². The van der Waals surface area contributed by atoms with Crippen molar-refractivity contribution in [3.8, 4) is 0 Å². The van der Waals surface area contributed by atoms with Gasteiger partial charge in [0.25, 0.3) is 5.69 Å². The van der Waals surface area contributed by atoms with Crippen molar-refractivity contribution in [3.05, 3.63) is 64.0 Å². The third kappa shape index (κ3) is 2.67. The van der Waals surface area contributed by atoms with E-state index in [-0.39, 0.29) is 22.9 Å². The smallest absolute Gasteiger partial charge is 0.274 e. The second kappa shape index (κ2) is 5.93. The molecule has 0 spiro atoms. The van der Waals surface area contributed by atoms with Gasteiger partial charge in [-0.05, 0) is 30.5 Å². The quantitative estimate of drug-likeness (QED) is 0.644. The molecule has 0 saturated heterocycles. The van der Waals surface area contributed by atoms with Crippen LogP contribution in [-0.4, -0.2) is 22.4 Å². The maximum Gasteiger partial charge on any atom is 0.274 e. The van der Waals surface area contributed by atoms with Crippen LogP contribution in [0, 0.1) is 10.1 Å². The molecule has 0 N–H and O–H groups in total. The van der Waals surface area contributed by atoms with Gasteiger partial charge in [-0.2, -0.15) is 0 Å². The van der Waals surface area contributed by atoms with Gasteiger partial charge in [0.2, 0.25) is 5.91 Å². The maximum atomic E-state index is 12.5. The Morgan fingerprint density at radius 1 is 1.32 bits per heavy atom. The Bertz CT molecular complexity index is 716. The van der Waals surface area contributed by atoms with E-state index in [1.165, 1.54) is 6.07 Å². The number of anilines is 1. The Balaban J connectivity index is 1.90. The first kappa shape index (κ1) is 14.2. The minimum absolute atomic E-state index is 0.0607. The summed E-state index contributed by atoms with van der Waals surface area (Å²) in [5.41, 5.74) is 2.24. The summed E-state index contributed by atoms with van der Waals surface area (Å²) >= 11 is 0. The first-order chi connectivity index (χ1) is 10.7. The van der Waals surface area contributed by atoms with Gasteiger partial charge < -0.3 is 4.90 Å². The number of nitro groups is 1. The van der Waals surface area contributed by atoms with Crippen molar-refractivity contribution in [2.45, 2.75) is 19.3 Å². The number of rotatable bonds is 3. The van der Waals surface area contributed by atoms with Crippen molar-refractivity contribution >= 4 is 17.3 Å². The molecular formula is C16H15N3O3. The van der Waals surface area contributed by atoms with Gasteiger partial charge in [-0.1, -0.05) is 12.1 Å². The topological polar surface area (TPSA) is 76.3 Å². The highest BCUT2D eigenvalue weighted by atomic mass is 16.6. The van der Waals surface area contributed by atoms with E-state index in [9.17, 15) is 14.9 Å². The summed E-state index contributed by atoms with van der Waals surface area (Å²) < 4.78 is 0. The summed E-state index contributed by atoms with van der Waals surface area (Å²) in [4.78, 5) is 28.9. The maximum absolute atomic E-state index is 12.5. The summed E-state index contributed by atoms with van der Waals surface area (Å²) in [6.07, 6.45) is 4.93. The Labute approximate surface area is 127 Å². The molecule has 1 amide bonds. The van der Waals surface area contributed by atoms with E-state index < -0.39 is 0 Å². The first-order valence-corrected chi connectivity index (χ1v) is 7.12. The van der Waals surface area contributed by atoms with Crippen LogP contribution in [0.15, 0.2) is 42.7 Å². The zero-order valence-corrected chi connectivity index (χ0v) is 11.9. The van der Waals surface area contributed by atoms with Crippen LogP contribution in [0.1, 0.15) is 17.5 Å². The van der Waals surface area contributed by atoms with Gasteiger partial charge in [0, 0.05) is 25.0 Å². The van der Waals surface area contributed by atoms with Crippen LogP contribution >= 0.6 is 0 Å². The second-order valence-corrected chi connectivity index (χ2v) is 5.22. The molecule has 0 fully saturated rings. The van der Waals surface area contributed by atoms with Crippen molar-refractivity contribution in [2.24, 2.45) is 0 Å². The zero-order chi connectivity index (χ0) is 15.5. The van der Waals surface area contributed by atoms with Gasteiger partial charge in [-0.25, -0.2) is 0 Å². The highest BCUT2D eigenvalue weighted by molar-refractivity contribution is 5.96. The second-order valence-electron chi connectivity index (χ2n) is 5.22. The van der Waals surface area contributed by atoms with E-state index in [1.807, 2.05) is 6.07 Å². The molecule has 0 radical (unpaired) electrons. The van der Waals surface area contributed by atoms with Crippen molar-refractivity contribution in [2.75, 3.05) is 11.4 Å². The Kier molecular flexibility index (Phi) is 3.82. The van der Waals surface area contributed by atoms with Gasteiger partial charge in [0.05, 0.1) is 22.6 Å². The highest BCUT2D eigenvalue weighted by Crippen LogP contribution is 2.34. The third-order valence-electron chi connectivity index (χ3n) is 3.80. The zero-order valence-electron chi connectivity index (χ0n) is 11.9. The number of pyridine rings is 1. The summed E-state index contributed by atoms with van der Waals surface area (Å²) in [5.74, 6) is -0.0607. The van der Waals surface area contributed by atoms with Crippen LogP contribution in [0.2, 0.25) is 0 Å². The molecule has 0 atom stereocenters. The predicted molar refractivity (Wildman–Crippen MR) is 81.7 cm³/mol. The number of carbonyl (C=O) groups excluding carboxylic acids is 1. The lowest BCUT2D eigenvalue weighted by Gasteiger charge is -2.29. The molecule has 6 heteroatoms. The number of nitro benzene ring substituents is 1. The van der Waals surface area contributed by atoms with Crippen molar-refractivity contribution in [1.82, 2.24) is 4.98 Å². The fourth-order valence-electron chi connectivity index (χ4n) is 2.81. The molecule has 2 heterocycles. The molecule has 1 aliphatic rings. The molecule has 1 aliphatic heterocycles. The molecular weight excluding hydrogens is 282 g/mol. The summed E-state index contributed by atoms with van der Waals surface area (Å²) in [7, 11) is 0. The first-order valence-electron chi connectivity index (χ1n) is 7.12. The van der Waals surface area contributed by atoms with Gasteiger partial charge in [-0.3, -0.25) is 19.9 Å². The fraction of sp³-hybridized carbons (Fsp3) is 0.250. The number of fused-ring (bicyclic) bond motifs is 1. The van der Waals surface area contributed by atoms with Crippen molar-refractivity contribution in [1.29, 1.82) is 0 Å². The standard InChI is InChI=1S/C16H15N3O3/c20-16(10-12-4-2-8-17-11-12)18-9-3-5-13-14(18)6-1-7-15(13)19(21)22/h1-2,4,6-8,11H,3,5,9-10H2. The molecule has 0 aliphatic carbocycles. The number of hydrogen-bond acceptors (Lipinski definition) is 4. The highest BCUT2D eigenvalue weighted by Gasteiger charge is 2.27. The van der Waals surface area contributed by atoms with Gasteiger partial charge in [0.15, 0.2) is 0 Å². The molecule has 0 bridgehead atoms. The Morgan fingerprint density at radius 3 is 2.91 bits per heavy atom. The summed E-state index contributed by atoms with van der Waals surface area (Å²) in [6.45, 7) is 0.591. The van der Waals surface area contributed by atoms with Gasteiger partial charge in [-0.15, -0.1) is 0 Å². The molecule has 22 heavy (non-hydrogen) atoms. The van der Waals surface area contributed by atoms with Crippen molar-refractivity contribution in [3.63, 3.8) is 0 Å². The van der Waals surface area contributed by atoms with E-state index >= 15 is 0 Å². The van der Waals surface area contributed by atoms with Crippen LogP contribution in [0.4, 0.5) is 11.4 Å². The average Bonchev–Trinajstić information content (AvgIpc) is 2.54. The molecule has 6 nitrogen and oxygen atoms in total. The number of aromatic nitrogens is 1. The van der Waals surface area contributed by atoms with Crippen LogP contribution in [0.3, 0.4) is 0 Å². The minimum atomic E-state index is -0.381. The van der Waals surface area contributed by atoms with Crippen molar-refractivity contribution < 1.29 is 9.72 Å². The molecule has 3 rings (SSSR count). The number of carbonyl (C=O) groups is 1. The van der Waals surface area contributed by atoms with E-state index in [1.54, 1.807) is 35.5 Å². The average molecular weight is 297 g/mol. The normalized spacial score (nSPS) is 13.5. The number of hydrogen-bond donors (Lipinski definition) is 0. The molecule has 0 unspecified atom stereocenters. The summed E-state index contributed by atoms with van der Waals surface area (Å²) in [5, 5.41) is 11.1. The van der Waals surface area contributed by atoms with Crippen LogP contribution in [0.25, 0.3) is 0 Å². The lowest BCUT2D eigenvalue weighted by Crippen LogP contribution is -2.36. The SMILES string of the molecule is O=C(Cc1cccnc1)N1CCCc2c1cccc2[N+](=O)[O-]. The van der Waals surface area contributed by atoms with Gasteiger partial charge in [0.1, 0.15) is 0 Å². The lowest BCUT2D eigenvalue weighted by atomic mass is 9.99. The number of nitrogens with zero attached hydrogens (tertiary/aromatic N) is 3. The minimum Gasteiger partial charge on any atom is -0.312 e. The van der Waals surface area contributed by atoms with Gasteiger partial charge >= 0.3 is 0 Å². The van der Waals surface area contributed by atoms with E-state index in [4.69, 9.17) is 0 Å². The predicted octanol–water partition coefficient (Wildman–Crippen LogP) is 2.51. The summed E-state index contributed by atoms with van der Waals surface area (Å²) in [6, 6.07) is 8.55. The molecule has 112 valence electrons. The molecule has 2 aromatic rings. The third-order valence-corrected chi connectivity index (χ3v) is 3.80. The fourth-order valence-corrected chi connectivity index (χ4v) is 2.81. The Hall–Kier alpha value is -2.76. The lowest BCUT2D eigenvalue weighted by molar-refractivity contribution is -0.385. The van der Waals surface area contributed by atoms with Crippen LogP contribution < -0.4 is 4.90 Å². The monoisotopic (exact) mass is 297 g/mol. The molecule has 0 saturated carbocycles. The van der Waals surface area contributed by atoms with E-state index in [0.717, 1.165) is 12.0 Å². The number of amides is 1. The largest absolute Gasteiger partial charge is 0.312 e. The van der Waals surface area contributed by atoms with Crippen LogP contribution in [-0.2, 0) is 17.6 Å². The van der Waals surface area contributed by atoms with E-state index in [0.29, 0.717) is 24.2 Å². The Morgan fingerprint density at radius 2 is 2.18 bits per heavy atom. The van der Waals surface area contributed by atoms with E-state index in [2.05, 4.69) is 4.98 Å². The number of benzene rings is 1.